The van der Waals surface area contributed by atoms with E-state index in [4.69, 9.17) is 11.6 Å². The first-order valence-corrected chi connectivity index (χ1v) is 10.2. The molecule has 0 radical (unpaired) electrons. The van der Waals surface area contributed by atoms with Gasteiger partial charge in [0.15, 0.2) is 11.0 Å². The highest BCUT2D eigenvalue weighted by molar-refractivity contribution is 7.99. The summed E-state index contributed by atoms with van der Waals surface area (Å²) in [6, 6.07) is 12.7. The normalized spacial score (nSPS) is 10.6. The van der Waals surface area contributed by atoms with Gasteiger partial charge >= 0.3 is 0 Å². The number of halogens is 1. The third-order valence-corrected chi connectivity index (χ3v) is 5.34. The summed E-state index contributed by atoms with van der Waals surface area (Å²) in [5, 5.41) is 15.2. The summed E-state index contributed by atoms with van der Waals surface area (Å²) >= 11 is 7.28. The molecule has 3 rings (SSSR count). The van der Waals surface area contributed by atoms with E-state index in [1.807, 2.05) is 42.8 Å². The molecule has 150 valence electrons. The standard InChI is InChI=1S/C20H20ClN5O2S/c1-12-7-8-15(21)10-17(12)23-18(28)11-29-20-25-24-19(26(20)3)14-5-4-6-16(9-14)22-13(2)27/h4-10H,11H2,1-3H3,(H,22,27)(H,23,28). The second-order valence-electron chi connectivity index (χ2n) is 6.42. The molecular formula is C20H20ClN5O2S. The van der Waals surface area contributed by atoms with Gasteiger partial charge in [0.25, 0.3) is 0 Å². The number of nitrogens with one attached hydrogen (secondary N) is 2. The zero-order valence-electron chi connectivity index (χ0n) is 16.2. The Balaban J connectivity index is 1.68. The van der Waals surface area contributed by atoms with Crippen molar-refractivity contribution >= 4 is 46.6 Å². The van der Waals surface area contributed by atoms with Gasteiger partial charge in [-0.15, -0.1) is 10.2 Å². The smallest absolute Gasteiger partial charge is 0.234 e. The van der Waals surface area contributed by atoms with Gasteiger partial charge in [0.1, 0.15) is 0 Å². The van der Waals surface area contributed by atoms with Crippen LogP contribution in [-0.4, -0.2) is 32.3 Å². The van der Waals surface area contributed by atoms with Crippen LogP contribution >= 0.6 is 23.4 Å². The Kier molecular flexibility index (Phi) is 6.56. The highest BCUT2D eigenvalue weighted by Gasteiger charge is 2.14. The molecule has 0 fully saturated rings. The first-order chi connectivity index (χ1) is 13.8. The van der Waals surface area contributed by atoms with Crippen molar-refractivity contribution in [1.82, 2.24) is 14.8 Å². The molecule has 2 amide bonds. The van der Waals surface area contributed by atoms with Crippen molar-refractivity contribution in [3.8, 4) is 11.4 Å². The Labute approximate surface area is 177 Å². The number of hydrogen-bond donors (Lipinski definition) is 2. The number of carbonyl (C=O) groups is 2. The number of aryl methyl sites for hydroxylation is 1. The molecule has 0 saturated heterocycles. The van der Waals surface area contributed by atoms with Gasteiger partial charge in [0, 0.05) is 35.9 Å². The Morgan fingerprint density at radius 3 is 2.69 bits per heavy atom. The third kappa shape index (κ3) is 5.36. The Morgan fingerprint density at radius 1 is 1.14 bits per heavy atom. The summed E-state index contributed by atoms with van der Waals surface area (Å²) in [5.41, 5.74) is 3.13. The topological polar surface area (TPSA) is 88.9 Å². The van der Waals surface area contributed by atoms with Crippen LogP contribution < -0.4 is 10.6 Å². The zero-order valence-corrected chi connectivity index (χ0v) is 17.8. The van der Waals surface area contributed by atoms with E-state index in [2.05, 4.69) is 20.8 Å². The monoisotopic (exact) mass is 429 g/mol. The number of amides is 2. The second-order valence-corrected chi connectivity index (χ2v) is 7.80. The average molecular weight is 430 g/mol. The molecule has 3 aromatic rings. The molecule has 1 aromatic heterocycles. The van der Waals surface area contributed by atoms with E-state index in [1.54, 1.807) is 18.2 Å². The number of nitrogens with zero attached hydrogens (tertiary/aromatic N) is 3. The predicted octanol–water partition coefficient (Wildman–Crippen LogP) is 4.13. The summed E-state index contributed by atoms with van der Waals surface area (Å²) in [6.45, 7) is 3.36. The molecule has 0 saturated carbocycles. The lowest BCUT2D eigenvalue weighted by molar-refractivity contribution is -0.114. The summed E-state index contributed by atoms with van der Waals surface area (Å²) in [7, 11) is 1.84. The maximum Gasteiger partial charge on any atom is 0.234 e. The lowest BCUT2D eigenvalue weighted by Crippen LogP contribution is -2.15. The van der Waals surface area contributed by atoms with Crippen LogP contribution in [0.15, 0.2) is 47.6 Å². The van der Waals surface area contributed by atoms with Gasteiger partial charge in [-0.1, -0.05) is 41.6 Å². The number of aromatic nitrogens is 3. The van der Waals surface area contributed by atoms with Gasteiger partial charge in [-0.3, -0.25) is 9.59 Å². The minimum absolute atomic E-state index is 0.141. The Hall–Kier alpha value is -2.84. The number of hydrogen-bond acceptors (Lipinski definition) is 5. The molecule has 1 heterocycles. The number of carbonyl (C=O) groups excluding carboxylic acids is 2. The minimum atomic E-state index is -0.155. The van der Waals surface area contributed by atoms with Crippen molar-refractivity contribution in [2.45, 2.75) is 19.0 Å². The van der Waals surface area contributed by atoms with Gasteiger partial charge in [-0.05, 0) is 36.8 Å². The molecule has 0 bridgehead atoms. The number of anilines is 2. The van der Waals surface area contributed by atoms with E-state index >= 15 is 0 Å². The van der Waals surface area contributed by atoms with Crippen molar-refractivity contribution in [3.05, 3.63) is 53.1 Å². The van der Waals surface area contributed by atoms with Crippen molar-refractivity contribution in [2.24, 2.45) is 7.05 Å². The highest BCUT2D eigenvalue weighted by Crippen LogP contribution is 2.25. The van der Waals surface area contributed by atoms with Gasteiger partial charge in [-0.2, -0.15) is 0 Å². The molecule has 7 nitrogen and oxygen atoms in total. The van der Waals surface area contributed by atoms with Crippen LogP contribution in [0.5, 0.6) is 0 Å². The Morgan fingerprint density at radius 2 is 1.93 bits per heavy atom. The molecule has 0 unspecified atom stereocenters. The predicted molar refractivity (Wildman–Crippen MR) is 116 cm³/mol. The number of thioether (sulfide) groups is 1. The molecule has 0 aliphatic carbocycles. The minimum Gasteiger partial charge on any atom is -0.326 e. The van der Waals surface area contributed by atoms with Crippen LogP contribution in [0, 0.1) is 6.92 Å². The lowest BCUT2D eigenvalue weighted by atomic mass is 10.2. The molecule has 9 heteroatoms. The first kappa shape index (κ1) is 20.9. The highest BCUT2D eigenvalue weighted by atomic mass is 35.5. The summed E-state index contributed by atoms with van der Waals surface area (Å²) in [4.78, 5) is 23.6. The van der Waals surface area contributed by atoms with E-state index in [-0.39, 0.29) is 17.6 Å². The van der Waals surface area contributed by atoms with Crippen LogP contribution in [0.3, 0.4) is 0 Å². The van der Waals surface area contributed by atoms with Gasteiger partial charge in [0.2, 0.25) is 11.8 Å². The van der Waals surface area contributed by atoms with E-state index in [0.29, 0.717) is 27.4 Å². The van der Waals surface area contributed by atoms with Crippen LogP contribution in [0.4, 0.5) is 11.4 Å². The lowest BCUT2D eigenvalue weighted by Gasteiger charge is -2.09. The van der Waals surface area contributed by atoms with E-state index in [1.165, 1.54) is 18.7 Å². The largest absolute Gasteiger partial charge is 0.326 e. The summed E-state index contributed by atoms with van der Waals surface area (Å²) < 4.78 is 1.81. The van der Waals surface area contributed by atoms with E-state index in [0.717, 1.165) is 11.1 Å². The van der Waals surface area contributed by atoms with Crippen LogP contribution in [0.25, 0.3) is 11.4 Å². The Bertz CT molecular complexity index is 1070. The van der Waals surface area contributed by atoms with Crippen LogP contribution in [0.2, 0.25) is 5.02 Å². The van der Waals surface area contributed by atoms with Gasteiger partial charge < -0.3 is 15.2 Å². The first-order valence-electron chi connectivity index (χ1n) is 8.79. The fraction of sp³-hybridized carbons (Fsp3) is 0.200. The molecule has 29 heavy (non-hydrogen) atoms. The van der Waals surface area contributed by atoms with Crippen LogP contribution in [0.1, 0.15) is 12.5 Å². The quantitative estimate of drug-likeness (QED) is 0.575. The summed E-state index contributed by atoms with van der Waals surface area (Å²) in [6.07, 6.45) is 0. The zero-order chi connectivity index (χ0) is 21.0. The third-order valence-electron chi connectivity index (χ3n) is 4.08. The van der Waals surface area contributed by atoms with Crippen molar-refractivity contribution in [3.63, 3.8) is 0 Å². The van der Waals surface area contributed by atoms with E-state index < -0.39 is 0 Å². The summed E-state index contributed by atoms with van der Waals surface area (Å²) in [5.74, 6) is 0.532. The molecular weight excluding hydrogens is 410 g/mol. The second kappa shape index (κ2) is 9.11. The molecule has 0 atom stereocenters. The SMILES string of the molecule is CC(=O)Nc1cccc(-c2nnc(SCC(=O)Nc3cc(Cl)ccc3C)n2C)c1. The fourth-order valence-electron chi connectivity index (χ4n) is 2.68. The van der Waals surface area contributed by atoms with Crippen molar-refractivity contribution in [1.29, 1.82) is 0 Å². The fourth-order valence-corrected chi connectivity index (χ4v) is 3.56. The van der Waals surface area contributed by atoms with Crippen LogP contribution in [-0.2, 0) is 16.6 Å². The molecule has 2 aromatic carbocycles. The molecule has 0 spiro atoms. The molecule has 2 N–H and O–H groups in total. The van der Waals surface area contributed by atoms with Gasteiger partial charge in [-0.25, -0.2) is 0 Å². The van der Waals surface area contributed by atoms with Gasteiger partial charge in [0.05, 0.1) is 5.75 Å². The van der Waals surface area contributed by atoms with E-state index in [9.17, 15) is 9.59 Å². The molecule has 0 aliphatic rings. The maximum atomic E-state index is 12.3. The maximum absolute atomic E-state index is 12.3. The number of rotatable bonds is 6. The van der Waals surface area contributed by atoms with Crippen molar-refractivity contribution in [2.75, 3.05) is 16.4 Å². The van der Waals surface area contributed by atoms with Crippen molar-refractivity contribution < 1.29 is 9.59 Å². The number of benzene rings is 2. The average Bonchev–Trinajstić information content (AvgIpc) is 3.03. The molecule has 0 aliphatic heterocycles.